The number of hydrogen-bond donors (Lipinski definition) is 0. The van der Waals surface area contributed by atoms with Gasteiger partial charge in [-0.3, -0.25) is 9.78 Å². The molecule has 2 aromatic rings. The van der Waals surface area contributed by atoms with Crippen LogP contribution in [0.4, 0.5) is 5.82 Å². The van der Waals surface area contributed by atoms with Gasteiger partial charge in [-0.1, -0.05) is 12.2 Å². The van der Waals surface area contributed by atoms with Gasteiger partial charge in [0.15, 0.2) is 11.5 Å². The molecule has 2 aliphatic rings. The summed E-state index contributed by atoms with van der Waals surface area (Å²) in [6, 6.07) is 0. The number of piperazine rings is 1. The molecule has 0 N–H and O–H groups in total. The van der Waals surface area contributed by atoms with Crippen LogP contribution in [0.1, 0.15) is 19.3 Å². The van der Waals surface area contributed by atoms with Crippen molar-refractivity contribution in [1.29, 1.82) is 0 Å². The lowest BCUT2D eigenvalue weighted by Crippen LogP contribution is -2.49. The Morgan fingerprint density at radius 3 is 2.87 bits per heavy atom. The van der Waals surface area contributed by atoms with Gasteiger partial charge in [0.1, 0.15) is 6.33 Å². The van der Waals surface area contributed by atoms with Crippen molar-refractivity contribution in [3.05, 3.63) is 30.9 Å². The quantitative estimate of drug-likeness (QED) is 0.795. The second-order valence-corrected chi connectivity index (χ2v) is 6.13. The Morgan fingerprint density at radius 2 is 2.09 bits per heavy atom. The molecule has 0 unspecified atom stereocenters. The molecule has 1 amide bonds. The largest absolute Gasteiger partial charge is 0.352 e. The number of aromatic nitrogens is 4. The minimum atomic E-state index is 0.276. The van der Waals surface area contributed by atoms with Crippen molar-refractivity contribution in [2.24, 2.45) is 5.92 Å². The van der Waals surface area contributed by atoms with Crippen molar-refractivity contribution in [2.75, 3.05) is 31.1 Å². The van der Waals surface area contributed by atoms with Gasteiger partial charge < -0.3 is 9.80 Å². The molecule has 1 atom stereocenters. The summed E-state index contributed by atoms with van der Waals surface area (Å²) in [6.45, 7) is 3.10. The molecule has 1 aliphatic carbocycles. The Balaban J connectivity index is 1.40. The van der Waals surface area contributed by atoms with Crippen LogP contribution in [-0.2, 0) is 4.79 Å². The van der Waals surface area contributed by atoms with Gasteiger partial charge in [0.2, 0.25) is 5.91 Å². The minimum Gasteiger partial charge on any atom is -0.352 e. The van der Waals surface area contributed by atoms with E-state index in [1.165, 1.54) is 6.33 Å². The number of nitrogens with zero attached hydrogens (tertiary/aromatic N) is 6. The molecule has 0 saturated carbocycles. The van der Waals surface area contributed by atoms with Gasteiger partial charge in [0, 0.05) is 32.6 Å². The fourth-order valence-electron chi connectivity index (χ4n) is 3.36. The zero-order valence-electron chi connectivity index (χ0n) is 13.0. The summed E-state index contributed by atoms with van der Waals surface area (Å²) >= 11 is 0. The predicted octanol–water partition coefficient (Wildman–Crippen LogP) is 1.13. The molecule has 0 aromatic carbocycles. The highest BCUT2D eigenvalue weighted by Gasteiger charge is 2.24. The summed E-state index contributed by atoms with van der Waals surface area (Å²) in [4.78, 5) is 25.0. The molecular formula is C16H20N6O. The average Bonchev–Trinajstić information content (AvgIpc) is 3.25. The first-order valence-electron chi connectivity index (χ1n) is 8.14. The summed E-state index contributed by atoms with van der Waals surface area (Å²) in [5.41, 5.74) is 0.744. The SMILES string of the molecule is O=C(C[C@H]1C=CCC1)N1CCN(c2cncc3ncnn23)CC1. The molecule has 2 aromatic heterocycles. The fourth-order valence-corrected chi connectivity index (χ4v) is 3.36. The topological polar surface area (TPSA) is 66.6 Å². The van der Waals surface area contributed by atoms with Gasteiger partial charge in [-0.25, -0.2) is 4.98 Å². The Morgan fingerprint density at radius 1 is 1.22 bits per heavy atom. The number of allylic oxidation sites excluding steroid dienone is 2. The van der Waals surface area contributed by atoms with Crippen molar-refractivity contribution >= 4 is 17.4 Å². The molecule has 1 aliphatic heterocycles. The summed E-state index contributed by atoms with van der Waals surface area (Å²) in [5, 5.41) is 4.25. The van der Waals surface area contributed by atoms with Crippen molar-refractivity contribution in [2.45, 2.75) is 19.3 Å². The number of rotatable bonds is 3. The smallest absolute Gasteiger partial charge is 0.223 e. The van der Waals surface area contributed by atoms with Crippen molar-refractivity contribution in [3.63, 3.8) is 0 Å². The highest BCUT2D eigenvalue weighted by atomic mass is 16.2. The third-order valence-electron chi connectivity index (χ3n) is 4.68. The molecule has 0 spiro atoms. The van der Waals surface area contributed by atoms with Gasteiger partial charge in [-0.05, 0) is 18.8 Å². The van der Waals surface area contributed by atoms with E-state index in [1.54, 1.807) is 10.7 Å². The van der Waals surface area contributed by atoms with Crippen LogP contribution in [0.15, 0.2) is 30.9 Å². The molecular weight excluding hydrogens is 292 g/mol. The standard InChI is InChI=1S/C16H20N6O/c23-16(9-13-3-1-2-4-13)21-7-5-20(6-8-21)15-11-17-10-14-18-12-19-22(14)15/h1,3,10-13H,2,4-9H2/t13-/m0/s1. The molecule has 1 saturated heterocycles. The summed E-state index contributed by atoms with van der Waals surface area (Å²) in [7, 11) is 0. The van der Waals surface area contributed by atoms with Gasteiger partial charge in [0.25, 0.3) is 0 Å². The molecule has 23 heavy (non-hydrogen) atoms. The number of fused-ring (bicyclic) bond motifs is 1. The fraction of sp³-hybridized carbons (Fsp3) is 0.500. The maximum absolute atomic E-state index is 12.4. The lowest BCUT2D eigenvalue weighted by molar-refractivity contribution is -0.132. The summed E-state index contributed by atoms with van der Waals surface area (Å²) in [6.07, 6.45) is 12.3. The van der Waals surface area contributed by atoms with E-state index in [9.17, 15) is 4.79 Å². The number of carbonyl (C=O) groups is 1. The van der Waals surface area contributed by atoms with Crippen LogP contribution in [0.5, 0.6) is 0 Å². The van der Waals surface area contributed by atoms with E-state index < -0.39 is 0 Å². The first-order valence-corrected chi connectivity index (χ1v) is 8.14. The maximum Gasteiger partial charge on any atom is 0.223 e. The summed E-state index contributed by atoms with van der Waals surface area (Å²) in [5.74, 6) is 1.65. The second-order valence-electron chi connectivity index (χ2n) is 6.13. The van der Waals surface area contributed by atoms with E-state index in [4.69, 9.17) is 0 Å². The van der Waals surface area contributed by atoms with Crippen molar-refractivity contribution in [1.82, 2.24) is 24.5 Å². The number of amides is 1. The predicted molar refractivity (Wildman–Crippen MR) is 86.1 cm³/mol. The van der Waals surface area contributed by atoms with Crippen molar-refractivity contribution < 1.29 is 4.79 Å². The van der Waals surface area contributed by atoms with Crippen LogP contribution in [0.25, 0.3) is 5.65 Å². The van der Waals surface area contributed by atoms with Crippen LogP contribution in [0.3, 0.4) is 0 Å². The van der Waals surface area contributed by atoms with Crippen LogP contribution in [0.2, 0.25) is 0 Å². The normalized spacial score (nSPS) is 21.3. The van der Waals surface area contributed by atoms with E-state index in [0.717, 1.165) is 50.5 Å². The summed E-state index contributed by atoms with van der Waals surface area (Å²) < 4.78 is 1.80. The van der Waals surface area contributed by atoms with Crippen LogP contribution >= 0.6 is 0 Å². The Hall–Kier alpha value is -2.44. The van der Waals surface area contributed by atoms with E-state index >= 15 is 0 Å². The molecule has 1 fully saturated rings. The Bertz CT molecular complexity index is 731. The zero-order valence-corrected chi connectivity index (χ0v) is 13.0. The van der Waals surface area contributed by atoms with Crippen LogP contribution in [0, 0.1) is 5.92 Å². The highest BCUT2D eigenvalue weighted by Crippen LogP contribution is 2.22. The first kappa shape index (κ1) is 14.2. The van der Waals surface area contributed by atoms with Gasteiger partial charge >= 0.3 is 0 Å². The van der Waals surface area contributed by atoms with Gasteiger partial charge in [-0.15, -0.1) is 0 Å². The number of hydrogen-bond acceptors (Lipinski definition) is 5. The minimum absolute atomic E-state index is 0.276. The van der Waals surface area contributed by atoms with Crippen molar-refractivity contribution in [3.8, 4) is 0 Å². The van der Waals surface area contributed by atoms with Gasteiger partial charge in [0.05, 0.1) is 12.4 Å². The van der Waals surface area contributed by atoms with E-state index in [2.05, 4.69) is 32.1 Å². The van der Waals surface area contributed by atoms with Gasteiger partial charge in [-0.2, -0.15) is 9.61 Å². The Labute approximate surface area is 134 Å². The number of carbonyl (C=O) groups excluding carboxylic acids is 1. The molecule has 120 valence electrons. The van der Waals surface area contributed by atoms with E-state index in [0.29, 0.717) is 12.3 Å². The zero-order chi connectivity index (χ0) is 15.6. The second kappa shape index (κ2) is 5.98. The molecule has 3 heterocycles. The van der Waals surface area contributed by atoms with E-state index in [1.807, 2.05) is 11.1 Å². The monoisotopic (exact) mass is 312 g/mol. The maximum atomic E-state index is 12.4. The highest BCUT2D eigenvalue weighted by molar-refractivity contribution is 5.77. The van der Waals surface area contributed by atoms with Crippen LogP contribution < -0.4 is 4.90 Å². The third kappa shape index (κ3) is 2.78. The third-order valence-corrected chi connectivity index (χ3v) is 4.68. The lowest BCUT2D eigenvalue weighted by atomic mass is 10.0. The van der Waals surface area contributed by atoms with E-state index in [-0.39, 0.29) is 5.91 Å². The molecule has 7 nitrogen and oxygen atoms in total. The molecule has 4 rings (SSSR count). The number of anilines is 1. The first-order chi connectivity index (χ1) is 11.3. The van der Waals surface area contributed by atoms with Crippen LogP contribution in [-0.4, -0.2) is 56.6 Å². The molecule has 7 heteroatoms. The lowest BCUT2D eigenvalue weighted by Gasteiger charge is -2.36. The average molecular weight is 312 g/mol. The molecule has 0 bridgehead atoms. The molecule has 0 radical (unpaired) electrons. The Kier molecular flexibility index (Phi) is 3.69.